The Morgan fingerprint density at radius 3 is 1.34 bits per heavy atom. The molecule has 0 saturated heterocycles. The molecule has 4 aromatic carbocycles. The number of aromatic nitrogens is 4. The lowest BCUT2D eigenvalue weighted by Gasteiger charge is -2.12. The Morgan fingerprint density at radius 1 is 0.486 bits per heavy atom. The molecule has 0 N–H and O–H groups in total. The first-order chi connectivity index (χ1) is 17.3. The Kier molecular flexibility index (Phi) is 5.83. The second-order valence-electron chi connectivity index (χ2n) is 8.67. The minimum Gasteiger partial charge on any atom is -0.366 e. The van der Waals surface area contributed by atoms with Gasteiger partial charge in [-0.25, -0.2) is 9.97 Å². The number of fused-ring (bicyclic) bond motifs is 2. The van der Waals surface area contributed by atoms with Gasteiger partial charge < -0.3 is 13.9 Å². The van der Waals surface area contributed by atoms with Gasteiger partial charge in [0.05, 0.1) is 22.1 Å². The number of hydrogen-bond donors (Lipinski definition) is 0. The molecule has 0 fully saturated rings. The van der Waals surface area contributed by atoms with E-state index in [0.717, 1.165) is 46.8 Å². The highest BCUT2D eigenvalue weighted by atomic mass is 16.5. The Balaban J connectivity index is 1.27. The molecule has 0 amide bonds. The smallest absolute Gasteiger partial charge is 0.136 e. The third kappa shape index (κ3) is 4.46. The normalized spacial score (nSPS) is 11.4. The van der Waals surface area contributed by atoms with Crippen LogP contribution in [0.1, 0.15) is 22.8 Å². The van der Waals surface area contributed by atoms with Crippen molar-refractivity contribution in [3.05, 3.63) is 132 Å². The van der Waals surface area contributed by atoms with E-state index in [1.807, 2.05) is 24.3 Å². The van der Waals surface area contributed by atoms with Gasteiger partial charge in [-0.15, -0.1) is 0 Å². The van der Waals surface area contributed by atoms with Crippen molar-refractivity contribution in [2.75, 3.05) is 0 Å². The molecule has 0 aliphatic rings. The first-order valence-corrected chi connectivity index (χ1v) is 11.9. The Labute approximate surface area is 204 Å². The van der Waals surface area contributed by atoms with Crippen LogP contribution in [0, 0.1) is 0 Å². The zero-order chi connectivity index (χ0) is 23.5. The van der Waals surface area contributed by atoms with Gasteiger partial charge in [-0.1, -0.05) is 84.9 Å². The molecule has 6 aromatic rings. The summed E-state index contributed by atoms with van der Waals surface area (Å²) in [5.74, 6) is 1.83. The monoisotopic (exact) mass is 458 g/mol. The van der Waals surface area contributed by atoms with Crippen molar-refractivity contribution in [1.29, 1.82) is 0 Å². The number of para-hydroxylation sites is 4. The van der Waals surface area contributed by atoms with Gasteiger partial charge in [0, 0.05) is 13.1 Å². The topological polar surface area (TPSA) is 44.9 Å². The highest BCUT2D eigenvalue weighted by Gasteiger charge is 2.14. The molecule has 0 radical (unpaired) electrons. The van der Waals surface area contributed by atoms with Crippen molar-refractivity contribution < 1.29 is 4.74 Å². The largest absolute Gasteiger partial charge is 0.366 e. The van der Waals surface area contributed by atoms with Gasteiger partial charge in [0.15, 0.2) is 0 Å². The van der Waals surface area contributed by atoms with E-state index < -0.39 is 0 Å². The summed E-state index contributed by atoms with van der Waals surface area (Å²) < 4.78 is 10.8. The highest BCUT2D eigenvalue weighted by molar-refractivity contribution is 5.76. The van der Waals surface area contributed by atoms with Crippen LogP contribution in [-0.4, -0.2) is 19.1 Å². The van der Waals surface area contributed by atoms with Crippen molar-refractivity contribution in [2.24, 2.45) is 0 Å². The maximum Gasteiger partial charge on any atom is 0.136 e. The lowest BCUT2D eigenvalue weighted by Crippen LogP contribution is -2.10. The van der Waals surface area contributed by atoms with Crippen molar-refractivity contribution in [1.82, 2.24) is 19.1 Å². The summed E-state index contributed by atoms with van der Waals surface area (Å²) in [5.41, 5.74) is 6.68. The van der Waals surface area contributed by atoms with Crippen LogP contribution in [0.15, 0.2) is 109 Å². The maximum absolute atomic E-state index is 6.25. The maximum atomic E-state index is 6.25. The summed E-state index contributed by atoms with van der Waals surface area (Å²) in [6.07, 6.45) is 0. The summed E-state index contributed by atoms with van der Waals surface area (Å²) >= 11 is 0. The van der Waals surface area contributed by atoms with Crippen LogP contribution in [0.3, 0.4) is 0 Å². The van der Waals surface area contributed by atoms with Crippen molar-refractivity contribution >= 4 is 22.1 Å². The van der Waals surface area contributed by atoms with Gasteiger partial charge >= 0.3 is 0 Å². The molecule has 0 aliphatic carbocycles. The Morgan fingerprint density at radius 2 is 0.886 bits per heavy atom. The summed E-state index contributed by atoms with van der Waals surface area (Å²) in [6.45, 7) is 2.34. The van der Waals surface area contributed by atoms with Crippen LogP contribution in [-0.2, 0) is 31.0 Å². The molecule has 0 spiro atoms. The molecule has 6 rings (SSSR count). The Bertz CT molecular complexity index is 1450. The van der Waals surface area contributed by atoms with E-state index >= 15 is 0 Å². The number of nitrogens with zero attached hydrogens (tertiary/aromatic N) is 4. The molecular formula is C30H26N4O. The Hall–Kier alpha value is -4.22. The second-order valence-corrected chi connectivity index (χ2v) is 8.67. The number of hydrogen-bond acceptors (Lipinski definition) is 3. The lowest BCUT2D eigenvalue weighted by molar-refractivity contribution is 0.0931. The highest BCUT2D eigenvalue weighted by Crippen LogP contribution is 2.21. The first-order valence-electron chi connectivity index (χ1n) is 11.9. The molecule has 0 unspecified atom stereocenters. The minimum absolute atomic E-state index is 0.413. The van der Waals surface area contributed by atoms with Crippen molar-refractivity contribution in [2.45, 2.75) is 26.3 Å². The van der Waals surface area contributed by atoms with Crippen LogP contribution < -0.4 is 0 Å². The zero-order valence-corrected chi connectivity index (χ0v) is 19.4. The van der Waals surface area contributed by atoms with E-state index in [1.165, 1.54) is 11.1 Å². The summed E-state index contributed by atoms with van der Waals surface area (Å²) in [6, 6.07) is 37.5. The summed E-state index contributed by atoms with van der Waals surface area (Å²) in [4.78, 5) is 9.77. The van der Waals surface area contributed by atoms with E-state index in [2.05, 4.69) is 94.1 Å². The van der Waals surface area contributed by atoms with Gasteiger partial charge in [-0.3, -0.25) is 0 Å². The number of benzene rings is 4. The molecular weight excluding hydrogens is 432 g/mol. The predicted octanol–water partition coefficient (Wildman–Crippen LogP) is 6.20. The van der Waals surface area contributed by atoms with Gasteiger partial charge in [-0.05, 0) is 35.4 Å². The van der Waals surface area contributed by atoms with E-state index in [0.29, 0.717) is 13.2 Å². The summed E-state index contributed by atoms with van der Waals surface area (Å²) in [5, 5.41) is 0. The molecule has 2 heterocycles. The molecule has 0 aliphatic heterocycles. The molecule has 2 aromatic heterocycles. The lowest BCUT2D eigenvalue weighted by atomic mass is 10.2. The summed E-state index contributed by atoms with van der Waals surface area (Å²) in [7, 11) is 0. The number of ether oxygens (including phenoxy) is 1. The molecule has 172 valence electrons. The first kappa shape index (κ1) is 21.3. The standard InChI is InChI=1S/C30H26N4O/c1-3-11-23(12-4-1)19-33-27-17-9-7-15-25(27)31-29(33)21-35-22-30-32-26-16-8-10-18-28(26)34(30)20-24-13-5-2-6-14-24/h1-18H,19-22H2. The SMILES string of the molecule is c1ccc(Cn2c(COCc3nc4ccccc4n3Cc3ccccc3)nc3ccccc32)cc1. The molecule has 5 heteroatoms. The van der Waals surface area contributed by atoms with Crippen molar-refractivity contribution in [3.8, 4) is 0 Å². The molecule has 0 bridgehead atoms. The van der Waals surface area contributed by atoms with E-state index in [1.54, 1.807) is 0 Å². The van der Waals surface area contributed by atoms with Crippen LogP contribution >= 0.6 is 0 Å². The molecule has 0 atom stereocenters. The number of imidazole rings is 2. The van der Waals surface area contributed by atoms with Crippen LogP contribution in [0.5, 0.6) is 0 Å². The fourth-order valence-corrected chi connectivity index (χ4v) is 4.59. The second kappa shape index (κ2) is 9.57. The van der Waals surface area contributed by atoms with Gasteiger partial charge in [0.1, 0.15) is 24.9 Å². The fourth-order valence-electron chi connectivity index (χ4n) is 4.59. The average molecular weight is 459 g/mol. The van der Waals surface area contributed by atoms with Crippen molar-refractivity contribution in [3.63, 3.8) is 0 Å². The van der Waals surface area contributed by atoms with E-state index in [9.17, 15) is 0 Å². The fraction of sp³-hybridized carbons (Fsp3) is 0.133. The predicted molar refractivity (Wildman–Crippen MR) is 139 cm³/mol. The van der Waals surface area contributed by atoms with Crippen LogP contribution in [0.25, 0.3) is 22.1 Å². The van der Waals surface area contributed by atoms with Crippen LogP contribution in [0.2, 0.25) is 0 Å². The van der Waals surface area contributed by atoms with E-state index in [4.69, 9.17) is 14.7 Å². The molecule has 0 saturated carbocycles. The number of rotatable bonds is 8. The van der Waals surface area contributed by atoms with Gasteiger partial charge in [-0.2, -0.15) is 0 Å². The molecule has 35 heavy (non-hydrogen) atoms. The minimum atomic E-state index is 0.413. The molecule has 5 nitrogen and oxygen atoms in total. The average Bonchev–Trinajstić information content (AvgIpc) is 3.43. The quantitative estimate of drug-likeness (QED) is 0.273. The van der Waals surface area contributed by atoms with Crippen LogP contribution in [0.4, 0.5) is 0 Å². The third-order valence-electron chi connectivity index (χ3n) is 6.30. The van der Waals surface area contributed by atoms with E-state index in [-0.39, 0.29) is 0 Å². The third-order valence-corrected chi connectivity index (χ3v) is 6.30. The van der Waals surface area contributed by atoms with Gasteiger partial charge in [0.25, 0.3) is 0 Å². The van der Waals surface area contributed by atoms with Gasteiger partial charge in [0.2, 0.25) is 0 Å². The zero-order valence-electron chi connectivity index (χ0n) is 19.4.